The Labute approximate surface area is 154 Å². The van der Waals surface area contributed by atoms with Gasteiger partial charge in [-0.05, 0) is 43.9 Å². The summed E-state index contributed by atoms with van der Waals surface area (Å²) in [6.07, 6.45) is 3.60. The van der Waals surface area contributed by atoms with Crippen LogP contribution >= 0.6 is 0 Å². The molecular formula is C18H26N2O5S. The Kier molecular flexibility index (Phi) is 6.77. The second-order valence-corrected chi connectivity index (χ2v) is 8.53. The molecule has 0 spiro atoms. The third-order valence-electron chi connectivity index (χ3n) is 4.59. The molecule has 144 valence electrons. The van der Waals surface area contributed by atoms with Crippen molar-refractivity contribution >= 4 is 21.9 Å². The van der Waals surface area contributed by atoms with Gasteiger partial charge >= 0.3 is 5.97 Å². The van der Waals surface area contributed by atoms with Gasteiger partial charge in [0.1, 0.15) is 6.04 Å². The second kappa shape index (κ2) is 8.64. The number of sulfonamides is 1. The van der Waals surface area contributed by atoms with Gasteiger partial charge in [-0.1, -0.05) is 25.8 Å². The number of carboxylic acid groups (broad SMARTS) is 1. The average Bonchev–Trinajstić information content (AvgIpc) is 2.62. The maximum absolute atomic E-state index is 12.8. The van der Waals surface area contributed by atoms with Crippen molar-refractivity contribution in [2.75, 3.05) is 13.1 Å². The third-order valence-corrected chi connectivity index (χ3v) is 6.48. The standard InChI is InChI=1S/C18H26N2O5S/c1-3-7-16(18(22)23)19-17(21)15-12-14(9-8-13(15)2)26(24,25)20-10-5-4-6-11-20/h8-9,12,16H,3-7,10-11H2,1-2H3,(H,19,21)(H,22,23). The van der Waals surface area contributed by atoms with E-state index in [0.717, 1.165) is 19.3 Å². The molecular weight excluding hydrogens is 356 g/mol. The van der Waals surface area contributed by atoms with E-state index in [1.54, 1.807) is 13.0 Å². The number of carbonyl (C=O) groups excluding carboxylic acids is 1. The van der Waals surface area contributed by atoms with E-state index in [1.807, 2.05) is 6.92 Å². The van der Waals surface area contributed by atoms with Crippen molar-refractivity contribution in [2.24, 2.45) is 0 Å². The molecule has 1 saturated heterocycles. The lowest BCUT2D eigenvalue weighted by Gasteiger charge is -2.26. The van der Waals surface area contributed by atoms with Crippen LogP contribution in [0.15, 0.2) is 23.1 Å². The minimum atomic E-state index is -3.65. The summed E-state index contributed by atoms with van der Waals surface area (Å²) in [7, 11) is -3.65. The summed E-state index contributed by atoms with van der Waals surface area (Å²) in [5, 5.41) is 11.7. The molecule has 1 aliphatic rings. The number of carbonyl (C=O) groups is 2. The quantitative estimate of drug-likeness (QED) is 0.752. The first-order valence-electron chi connectivity index (χ1n) is 8.92. The topological polar surface area (TPSA) is 104 Å². The van der Waals surface area contributed by atoms with Crippen molar-refractivity contribution in [2.45, 2.75) is 56.9 Å². The first kappa shape index (κ1) is 20.4. The molecule has 1 aromatic rings. The van der Waals surface area contributed by atoms with Crippen molar-refractivity contribution in [1.29, 1.82) is 0 Å². The number of aryl methyl sites for hydroxylation is 1. The maximum atomic E-state index is 12.8. The number of aliphatic carboxylic acids is 1. The molecule has 0 aliphatic carbocycles. The van der Waals surface area contributed by atoms with Gasteiger partial charge in [-0.25, -0.2) is 13.2 Å². The average molecular weight is 382 g/mol. The molecule has 0 saturated carbocycles. The SMILES string of the molecule is CCCC(NC(=O)c1cc(S(=O)(=O)N2CCCCC2)ccc1C)C(=O)O. The van der Waals surface area contributed by atoms with Gasteiger partial charge in [0, 0.05) is 18.7 Å². The van der Waals surface area contributed by atoms with Gasteiger partial charge in [0.2, 0.25) is 10.0 Å². The summed E-state index contributed by atoms with van der Waals surface area (Å²) in [4.78, 5) is 23.9. The molecule has 8 heteroatoms. The Balaban J connectivity index is 2.28. The van der Waals surface area contributed by atoms with E-state index in [9.17, 15) is 23.1 Å². The fourth-order valence-corrected chi connectivity index (χ4v) is 4.59. The van der Waals surface area contributed by atoms with Crippen molar-refractivity contribution in [3.05, 3.63) is 29.3 Å². The lowest BCUT2D eigenvalue weighted by molar-refractivity contribution is -0.139. The van der Waals surface area contributed by atoms with Crippen LogP contribution < -0.4 is 5.32 Å². The van der Waals surface area contributed by atoms with E-state index in [-0.39, 0.29) is 10.5 Å². The van der Waals surface area contributed by atoms with Crippen LogP contribution in [-0.2, 0) is 14.8 Å². The molecule has 2 N–H and O–H groups in total. The molecule has 1 aromatic carbocycles. The molecule has 1 fully saturated rings. The molecule has 1 unspecified atom stereocenters. The van der Waals surface area contributed by atoms with Gasteiger partial charge in [0.05, 0.1) is 4.90 Å². The zero-order chi connectivity index (χ0) is 19.3. The van der Waals surface area contributed by atoms with E-state index in [2.05, 4.69) is 5.32 Å². The van der Waals surface area contributed by atoms with Crippen molar-refractivity contribution in [1.82, 2.24) is 9.62 Å². The van der Waals surface area contributed by atoms with Crippen molar-refractivity contribution < 1.29 is 23.1 Å². The smallest absolute Gasteiger partial charge is 0.326 e. The van der Waals surface area contributed by atoms with Crippen LogP contribution in [0.3, 0.4) is 0 Å². The molecule has 1 amide bonds. The molecule has 0 bridgehead atoms. The molecule has 1 heterocycles. The number of piperidine rings is 1. The number of hydrogen-bond donors (Lipinski definition) is 2. The van der Waals surface area contributed by atoms with E-state index in [4.69, 9.17) is 0 Å². The third kappa shape index (κ3) is 4.62. The maximum Gasteiger partial charge on any atom is 0.326 e. The summed E-state index contributed by atoms with van der Waals surface area (Å²) in [5.74, 6) is -1.67. The highest BCUT2D eigenvalue weighted by Gasteiger charge is 2.27. The fourth-order valence-electron chi connectivity index (χ4n) is 3.04. The van der Waals surface area contributed by atoms with Gasteiger partial charge in [0.25, 0.3) is 5.91 Å². The minimum absolute atomic E-state index is 0.0671. The van der Waals surface area contributed by atoms with E-state index >= 15 is 0 Å². The zero-order valence-corrected chi connectivity index (χ0v) is 16.0. The van der Waals surface area contributed by atoms with Gasteiger partial charge < -0.3 is 10.4 Å². The highest BCUT2D eigenvalue weighted by molar-refractivity contribution is 7.89. The van der Waals surface area contributed by atoms with Crippen LogP contribution in [0.1, 0.15) is 54.9 Å². The summed E-state index contributed by atoms with van der Waals surface area (Å²) in [6.45, 7) is 4.49. The molecule has 1 aliphatic heterocycles. The summed E-state index contributed by atoms with van der Waals surface area (Å²) < 4.78 is 27.1. The van der Waals surface area contributed by atoms with Crippen LogP contribution in [0.25, 0.3) is 0 Å². The van der Waals surface area contributed by atoms with Crippen LogP contribution in [-0.4, -0.2) is 48.8 Å². The number of rotatable bonds is 7. The number of benzene rings is 1. The minimum Gasteiger partial charge on any atom is -0.480 e. The summed E-state index contributed by atoms with van der Waals surface area (Å²) >= 11 is 0. The Morgan fingerprint density at radius 2 is 1.88 bits per heavy atom. The lowest BCUT2D eigenvalue weighted by Crippen LogP contribution is -2.41. The number of nitrogens with zero attached hydrogens (tertiary/aromatic N) is 1. The molecule has 0 aromatic heterocycles. The molecule has 26 heavy (non-hydrogen) atoms. The fraction of sp³-hybridized carbons (Fsp3) is 0.556. The predicted molar refractivity (Wildman–Crippen MR) is 97.6 cm³/mol. The van der Waals surface area contributed by atoms with Gasteiger partial charge in [-0.2, -0.15) is 4.31 Å². The normalized spacial score (nSPS) is 16.8. The number of carboxylic acids is 1. The first-order chi connectivity index (χ1) is 12.3. The predicted octanol–water partition coefficient (Wildman–Crippen LogP) is 2.15. The molecule has 0 radical (unpaired) electrons. The van der Waals surface area contributed by atoms with E-state index in [0.29, 0.717) is 31.5 Å². The van der Waals surface area contributed by atoms with Crippen LogP contribution in [0, 0.1) is 6.92 Å². The van der Waals surface area contributed by atoms with Gasteiger partial charge in [0.15, 0.2) is 0 Å². The van der Waals surface area contributed by atoms with E-state index < -0.39 is 27.9 Å². The van der Waals surface area contributed by atoms with Crippen molar-refractivity contribution in [3.63, 3.8) is 0 Å². The number of hydrogen-bond acceptors (Lipinski definition) is 4. The van der Waals surface area contributed by atoms with Crippen LogP contribution in [0.4, 0.5) is 0 Å². The monoisotopic (exact) mass is 382 g/mol. The Bertz CT molecular complexity index is 770. The van der Waals surface area contributed by atoms with Crippen molar-refractivity contribution in [3.8, 4) is 0 Å². The highest BCUT2D eigenvalue weighted by Crippen LogP contribution is 2.23. The molecule has 1 atom stereocenters. The van der Waals surface area contributed by atoms with E-state index in [1.165, 1.54) is 16.4 Å². The molecule has 7 nitrogen and oxygen atoms in total. The largest absolute Gasteiger partial charge is 0.480 e. The summed E-state index contributed by atoms with van der Waals surface area (Å²) in [5.41, 5.74) is 0.783. The highest BCUT2D eigenvalue weighted by atomic mass is 32.2. The Morgan fingerprint density at radius 3 is 2.46 bits per heavy atom. The van der Waals surface area contributed by atoms with Gasteiger partial charge in [-0.3, -0.25) is 4.79 Å². The Morgan fingerprint density at radius 1 is 1.23 bits per heavy atom. The summed E-state index contributed by atoms with van der Waals surface area (Å²) in [6, 6.07) is 3.44. The van der Waals surface area contributed by atoms with Gasteiger partial charge in [-0.15, -0.1) is 0 Å². The number of nitrogens with one attached hydrogen (secondary N) is 1. The first-order valence-corrected chi connectivity index (χ1v) is 10.4. The van der Waals surface area contributed by atoms with Crippen LogP contribution in [0.2, 0.25) is 0 Å². The molecule has 2 rings (SSSR count). The lowest BCUT2D eigenvalue weighted by atomic mass is 10.1. The number of amides is 1. The second-order valence-electron chi connectivity index (χ2n) is 6.59. The Hall–Kier alpha value is -1.93. The van der Waals surface area contributed by atoms with Crippen LogP contribution in [0.5, 0.6) is 0 Å². The zero-order valence-electron chi connectivity index (χ0n) is 15.2.